The Bertz CT molecular complexity index is 102. The van der Waals surface area contributed by atoms with Gasteiger partial charge in [0.25, 0.3) is 0 Å². The second-order valence-electron chi connectivity index (χ2n) is 3.63. The number of rotatable bonds is 6. The van der Waals surface area contributed by atoms with Crippen LogP contribution in [0.2, 0.25) is 0 Å². The fourth-order valence-electron chi connectivity index (χ4n) is 1.19. The summed E-state index contributed by atoms with van der Waals surface area (Å²) in [5, 5.41) is 12.4. The highest BCUT2D eigenvalue weighted by Gasteiger charge is 2.13. The standard InChI is InChI=1S/C10H23NO/c1-5-8(3)9(4)11-10(6-2)7-12/h8-12H,5-7H2,1-4H3/t8-,9+,10+/m0/s1. The number of hydrogen-bond donors (Lipinski definition) is 2. The van der Waals surface area contributed by atoms with Gasteiger partial charge in [0.15, 0.2) is 0 Å². The predicted octanol–water partition coefficient (Wildman–Crippen LogP) is 1.78. The zero-order valence-corrected chi connectivity index (χ0v) is 8.80. The maximum Gasteiger partial charge on any atom is 0.0584 e. The van der Waals surface area contributed by atoms with Crippen molar-refractivity contribution in [3.05, 3.63) is 0 Å². The molecule has 0 aliphatic carbocycles. The molecule has 0 aromatic carbocycles. The lowest BCUT2D eigenvalue weighted by molar-refractivity contribution is 0.216. The zero-order valence-electron chi connectivity index (χ0n) is 8.80. The van der Waals surface area contributed by atoms with Crippen molar-refractivity contribution < 1.29 is 5.11 Å². The minimum Gasteiger partial charge on any atom is -0.395 e. The van der Waals surface area contributed by atoms with E-state index < -0.39 is 0 Å². The quantitative estimate of drug-likeness (QED) is 0.641. The molecule has 0 heterocycles. The van der Waals surface area contributed by atoms with E-state index in [1.54, 1.807) is 0 Å². The van der Waals surface area contributed by atoms with Crippen molar-refractivity contribution in [1.29, 1.82) is 0 Å². The van der Waals surface area contributed by atoms with Gasteiger partial charge >= 0.3 is 0 Å². The topological polar surface area (TPSA) is 32.3 Å². The van der Waals surface area contributed by atoms with Crippen molar-refractivity contribution in [2.24, 2.45) is 5.92 Å². The first-order chi connectivity index (χ1) is 5.65. The lowest BCUT2D eigenvalue weighted by Gasteiger charge is -2.24. The highest BCUT2D eigenvalue weighted by molar-refractivity contribution is 4.72. The normalized spacial score (nSPS) is 18.8. The summed E-state index contributed by atoms with van der Waals surface area (Å²) in [7, 11) is 0. The minimum absolute atomic E-state index is 0.247. The van der Waals surface area contributed by atoms with Crippen molar-refractivity contribution in [3.8, 4) is 0 Å². The Morgan fingerprint density at radius 2 is 1.75 bits per heavy atom. The first-order valence-corrected chi connectivity index (χ1v) is 5.02. The van der Waals surface area contributed by atoms with Crippen molar-refractivity contribution >= 4 is 0 Å². The van der Waals surface area contributed by atoms with Gasteiger partial charge in [-0.25, -0.2) is 0 Å². The molecule has 0 saturated heterocycles. The molecule has 0 saturated carbocycles. The molecule has 0 radical (unpaired) electrons. The van der Waals surface area contributed by atoms with Crippen molar-refractivity contribution in [2.75, 3.05) is 6.61 Å². The van der Waals surface area contributed by atoms with Crippen LogP contribution in [0.25, 0.3) is 0 Å². The Morgan fingerprint density at radius 3 is 2.08 bits per heavy atom. The summed E-state index contributed by atoms with van der Waals surface area (Å²) >= 11 is 0. The van der Waals surface area contributed by atoms with Crippen LogP contribution in [0.4, 0.5) is 0 Å². The number of hydrogen-bond acceptors (Lipinski definition) is 2. The second-order valence-corrected chi connectivity index (χ2v) is 3.63. The van der Waals surface area contributed by atoms with E-state index in [4.69, 9.17) is 5.11 Å². The van der Waals surface area contributed by atoms with Crippen LogP contribution in [0.5, 0.6) is 0 Å². The van der Waals surface area contributed by atoms with Gasteiger partial charge < -0.3 is 10.4 Å². The van der Waals surface area contributed by atoms with E-state index in [0.29, 0.717) is 12.0 Å². The molecule has 0 fully saturated rings. The molecule has 0 aromatic rings. The first kappa shape index (κ1) is 11.9. The molecular weight excluding hydrogens is 150 g/mol. The Labute approximate surface area is 76.4 Å². The molecule has 74 valence electrons. The second kappa shape index (κ2) is 6.44. The Hall–Kier alpha value is -0.0800. The summed E-state index contributed by atoms with van der Waals surface area (Å²) in [4.78, 5) is 0. The highest BCUT2D eigenvalue weighted by atomic mass is 16.3. The van der Waals surface area contributed by atoms with Gasteiger partial charge in [-0.05, 0) is 19.3 Å². The molecule has 12 heavy (non-hydrogen) atoms. The van der Waals surface area contributed by atoms with Crippen LogP contribution >= 0.6 is 0 Å². The smallest absolute Gasteiger partial charge is 0.0584 e. The third kappa shape index (κ3) is 4.07. The summed E-state index contributed by atoms with van der Waals surface area (Å²) in [6, 6.07) is 0.779. The maximum atomic E-state index is 8.97. The molecule has 0 rings (SSSR count). The molecule has 0 bridgehead atoms. The molecule has 2 nitrogen and oxygen atoms in total. The molecule has 0 unspecified atom stereocenters. The minimum atomic E-state index is 0.247. The van der Waals surface area contributed by atoms with Crippen LogP contribution in [0.15, 0.2) is 0 Å². The van der Waals surface area contributed by atoms with Crippen LogP contribution in [0.3, 0.4) is 0 Å². The van der Waals surface area contributed by atoms with Gasteiger partial charge in [-0.15, -0.1) is 0 Å². The summed E-state index contributed by atoms with van der Waals surface area (Å²) < 4.78 is 0. The molecule has 3 atom stereocenters. The van der Waals surface area contributed by atoms with E-state index in [2.05, 4.69) is 33.0 Å². The fourth-order valence-corrected chi connectivity index (χ4v) is 1.19. The number of aliphatic hydroxyl groups is 1. The van der Waals surface area contributed by atoms with Gasteiger partial charge in [-0.2, -0.15) is 0 Å². The fraction of sp³-hybridized carbons (Fsp3) is 1.00. The largest absolute Gasteiger partial charge is 0.395 e. The van der Waals surface area contributed by atoms with Crippen LogP contribution in [-0.2, 0) is 0 Å². The molecule has 2 heteroatoms. The number of aliphatic hydroxyl groups excluding tert-OH is 1. The predicted molar refractivity (Wildman–Crippen MR) is 53.2 cm³/mol. The van der Waals surface area contributed by atoms with Gasteiger partial charge in [-0.1, -0.05) is 27.2 Å². The van der Waals surface area contributed by atoms with Crippen molar-refractivity contribution in [1.82, 2.24) is 5.32 Å². The number of nitrogens with one attached hydrogen (secondary N) is 1. The average Bonchev–Trinajstić information content (AvgIpc) is 2.12. The molecule has 0 amide bonds. The van der Waals surface area contributed by atoms with E-state index in [1.807, 2.05) is 0 Å². The Kier molecular flexibility index (Phi) is 6.39. The summed E-state index contributed by atoms with van der Waals surface area (Å²) in [5.41, 5.74) is 0. The SMILES string of the molecule is CC[C@H](CO)N[C@H](C)[C@@H](C)CC. The monoisotopic (exact) mass is 173 g/mol. The van der Waals surface area contributed by atoms with Gasteiger partial charge in [-0.3, -0.25) is 0 Å². The summed E-state index contributed by atoms with van der Waals surface area (Å²) in [6.45, 7) is 8.96. The van der Waals surface area contributed by atoms with E-state index in [1.165, 1.54) is 6.42 Å². The van der Waals surface area contributed by atoms with Crippen molar-refractivity contribution in [3.63, 3.8) is 0 Å². The van der Waals surface area contributed by atoms with Crippen LogP contribution in [0.1, 0.15) is 40.5 Å². The Balaban J connectivity index is 3.72. The van der Waals surface area contributed by atoms with Gasteiger partial charge in [0.05, 0.1) is 6.61 Å². The van der Waals surface area contributed by atoms with E-state index >= 15 is 0 Å². The van der Waals surface area contributed by atoms with E-state index in [-0.39, 0.29) is 12.6 Å². The highest BCUT2D eigenvalue weighted by Crippen LogP contribution is 2.07. The van der Waals surface area contributed by atoms with Gasteiger partial charge in [0.1, 0.15) is 0 Å². The molecular formula is C10H23NO. The molecule has 0 aromatic heterocycles. The summed E-state index contributed by atoms with van der Waals surface area (Å²) in [6.07, 6.45) is 2.19. The van der Waals surface area contributed by atoms with Crippen molar-refractivity contribution in [2.45, 2.75) is 52.6 Å². The lowest BCUT2D eigenvalue weighted by atomic mass is 10.00. The molecule has 0 spiro atoms. The molecule has 0 aliphatic heterocycles. The van der Waals surface area contributed by atoms with Gasteiger partial charge in [0, 0.05) is 12.1 Å². The van der Waals surface area contributed by atoms with Crippen LogP contribution in [0, 0.1) is 5.92 Å². The third-order valence-electron chi connectivity index (χ3n) is 2.71. The van der Waals surface area contributed by atoms with E-state index in [0.717, 1.165) is 6.42 Å². The maximum absolute atomic E-state index is 8.97. The summed E-state index contributed by atoms with van der Waals surface area (Å²) in [5.74, 6) is 0.686. The first-order valence-electron chi connectivity index (χ1n) is 5.02. The molecule has 2 N–H and O–H groups in total. The van der Waals surface area contributed by atoms with Crippen LogP contribution < -0.4 is 5.32 Å². The Morgan fingerprint density at radius 1 is 1.17 bits per heavy atom. The van der Waals surface area contributed by atoms with E-state index in [9.17, 15) is 0 Å². The van der Waals surface area contributed by atoms with Gasteiger partial charge in [0.2, 0.25) is 0 Å². The van der Waals surface area contributed by atoms with Crippen LogP contribution in [-0.4, -0.2) is 23.8 Å². The zero-order chi connectivity index (χ0) is 9.56. The molecule has 0 aliphatic rings. The lowest BCUT2D eigenvalue weighted by Crippen LogP contribution is -2.41. The average molecular weight is 173 g/mol. The third-order valence-corrected chi connectivity index (χ3v) is 2.71.